The number of carbonyl (C=O) groups is 2. The third-order valence-electron chi connectivity index (χ3n) is 14.3. The number of hydrogen-bond donors (Lipinski definition) is 1. The number of amides is 1. The molecule has 9 nitrogen and oxygen atoms in total. The highest BCUT2D eigenvalue weighted by molar-refractivity contribution is 7.45. The largest absolute Gasteiger partial charge is 0.756 e. The number of ether oxygens (including phenoxy) is 1. The lowest BCUT2D eigenvalue weighted by Gasteiger charge is -2.30. The van der Waals surface area contributed by atoms with E-state index in [2.05, 4.69) is 62.5 Å². The number of phosphoric acid groups is 1. The van der Waals surface area contributed by atoms with E-state index in [-0.39, 0.29) is 31.5 Å². The lowest BCUT2D eigenvalue weighted by atomic mass is 10.0. The van der Waals surface area contributed by atoms with Crippen LogP contribution in [0.25, 0.3) is 0 Å². The van der Waals surface area contributed by atoms with Gasteiger partial charge in [0.1, 0.15) is 19.3 Å². The number of likely N-dealkylation sites (N-methyl/N-ethyl adjacent to an activating group) is 1. The van der Waals surface area contributed by atoms with Gasteiger partial charge in [0.2, 0.25) is 5.91 Å². The number of nitrogens with zero attached hydrogens (tertiary/aromatic N) is 1. The molecule has 75 heavy (non-hydrogen) atoms. The first-order valence-corrected chi connectivity index (χ1v) is 33.4. The molecule has 0 heterocycles. The summed E-state index contributed by atoms with van der Waals surface area (Å²) in [6.45, 7) is 6.84. The maximum absolute atomic E-state index is 13.5. The maximum atomic E-state index is 13.5. The molecule has 1 amide bonds. The van der Waals surface area contributed by atoms with Crippen molar-refractivity contribution < 1.29 is 37.3 Å². The molecule has 0 saturated carbocycles. The van der Waals surface area contributed by atoms with Gasteiger partial charge in [-0.15, -0.1) is 0 Å². The minimum atomic E-state index is -4.70. The zero-order chi connectivity index (χ0) is 55.0. The SMILES string of the molecule is CCCCC/C=C\C/C=C\C/C=C\CCCCCCCCCCC(=O)NC(COP(=O)([O-])OCC[N+](C)(C)C)C(/C=C/CCCCCCCCCCC)OC(=O)CCCCCCCCCCCCCCCCCCC. The van der Waals surface area contributed by atoms with E-state index >= 15 is 0 Å². The van der Waals surface area contributed by atoms with Gasteiger partial charge in [-0.3, -0.25) is 14.2 Å². The van der Waals surface area contributed by atoms with Crippen LogP contribution in [0.1, 0.15) is 303 Å². The van der Waals surface area contributed by atoms with E-state index in [1.165, 1.54) is 186 Å². The Labute approximate surface area is 465 Å². The standard InChI is InChI=1S/C65H123N2O7P/c1-7-10-13-16-19-22-25-27-29-31-32-33-34-36-37-39-42-45-48-51-54-57-64(68)66-62(61-73-75(70,71)72-60-59-67(4,5)6)63(56-53-50-47-44-41-24-21-18-15-12-9-3)74-65(69)58-55-52-49-46-43-40-38-35-30-28-26-23-20-17-14-11-8-2/h19,22,27,29,32-33,53,56,62-63H,7-18,20-21,23-26,28,30-31,34-52,54-55,57-61H2,1-6H3,(H-,66,68,70,71)/b22-19-,29-27-,33-32-,56-53+. The summed E-state index contributed by atoms with van der Waals surface area (Å²) >= 11 is 0. The lowest BCUT2D eigenvalue weighted by molar-refractivity contribution is -0.870. The van der Waals surface area contributed by atoms with Crippen molar-refractivity contribution in [2.45, 2.75) is 315 Å². The molecular formula is C65H123N2O7P. The van der Waals surface area contributed by atoms with Gasteiger partial charge in [0, 0.05) is 12.8 Å². The van der Waals surface area contributed by atoms with E-state index in [0.29, 0.717) is 17.4 Å². The average Bonchev–Trinajstić information content (AvgIpc) is 3.37. The van der Waals surface area contributed by atoms with Crippen LogP contribution in [0, 0.1) is 0 Å². The zero-order valence-electron chi connectivity index (χ0n) is 50.3. The van der Waals surface area contributed by atoms with Gasteiger partial charge >= 0.3 is 5.97 Å². The van der Waals surface area contributed by atoms with Gasteiger partial charge in [-0.1, -0.05) is 269 Å². The number of phosphoric ester groups is 1. The van der Waals surface area contributed by atoms with Crippen molar-refractivity contribution in [1.29, 1.82) is 0 Å². The fourth-order valence-corrected chi connectivity index (χ4v) is 10.0. The molecule has 0 aromatic carbocycles. The molecule has 3 unspecified atom stereocenters. The highest BCUT2D eigenvalue weighted by Crippen LogP contribution is 2.38. The van der Waals surface area contributed by atoms with E-state index < -0.39 is 20.0 Å². The van der Waals surface area contributed by atoms with Gasteiger partial charge < -0.3 is 28.5 Å². The van der Waals surface area contributed by atoms with Crippen molar-refractivity contribution in [2.75, 3.05) is 40.9 Å². The number of quaternary nitrogens is 1. The van der Waals surface area contributed by atoms with Crippen LogP contribution in [0.15, 0.2) is 48.6 Å². The Bertz CT molecular complexity index is 1420. The van der Waals surface area contributed by atoms with Crippen molar-refractivity contribution >= 4 is 19.7 Å². The predicted molar refractivity (Wildman–Crippen MR) is 321 cm³/mol. The zero-order valence-corrected chi connectivity index (χ0v) is 51.2. The number of nitrogens with one attached hydrogen (secondary N) is 1. The summed E-state index contributed by atoms with van der Waals surface area (Å²) in [6, 6.07) is -0.890. The first-order valence-electron chi connectivity index (χ1n) is 31.9. The molecule has 10 heteroatoms. The Balaban J connectivity index is 5.17. The molecule has 0 bridgehead atoms. The molecule has 0 aromatic rings. The first kappa shape index (κ1) is 73.0. The monoisotopic (exact) mass is 1070 g/mol. The first-order chi connectivity index (χ1) is 36.4. The molecule has 3 atom stereocenters. The van der Waals surface area contributed by atoms with Crippen molar-refractivity contribution in [3.8, 4) is 0 Å². The second kappa shape index (κ2) is 55.3. The minimum absolute atomic E-state index is 0.0228. The second-order valence-corrected chi connectivity index (χ2v) is 24.3. The number of unbranched alkanes of at least 4 members (excludes halogenated alkanes) is 36. The summed E-state index contributed by atoms with van der Waals surface area (Å²) in [5, 5.41) is 3.03. The highest BCUT2D eigenvalue weighted by Gasteiger charge is 2.27. The smallest absolute Gasteiger partial charge is 0.306 e. The maximum Gasteiger partial charge on any atom is 0.306 e. The third kappa shape index (κ3) is 56.5. The van der Waals surface area contributed by atoms with E-state index in [1.807, 2.05) is 33.3 Å². The fourth-order valence-electron chi connectivity index (χ4n) is 9.29. The number of carbonyl (C=O) groups excluding carboxylic acids is 2. The van der Waals surface area contributed by atoms with Crippen molar-refractivity contribution in [3.05, 3.63) is 48.6 Å². The third-order valence-corrected chi connectivity index (χ3v) is 15.2. The van der Waals surface area contributed by atoms with Gasteiger partial charge in [-0.25, -0.2) is 0 Å². The summed E-state index contributed by atoms with van der Waals surface area (Å²) in [5.41, 5.74) is 0. The van der Waals surface area contributed by atoms with Crippen LogP contribution >= 0.6 is 7.82 Å². The van der Waals surface area contributed by atoms with Crippen LogP contribution in [0.2, 0.25) is 0 Å². The Hall–Kier alpha value is -2.03. The molecule has 0 fully saturated rings. The van der Waals surface area contributed by atoms with Gasteiger partial charge in [0.15, 0.2) is 0 Å². The van der Waals surface area contributed by atoms with Gasteiger partial charge in [-0.05, 0) is 70.3 Å². The van der Waals surface area contributed by atoms with E-state index in [4.69, 9.17) is 13.8 Å². The highest BCUT2D eigenvalue weighted by atomic mass is 31.2. The van der Waals surface area contributed by atoms with Crippen LogP contribution in [-0.4, -0.2) is 69.4 Å². The summed E-state index contributed by atoms with van der Waals surface area (Å²) in [5.74, 6) is -0.538. The van der Waals surface area contributed by atoms with Crippen LogP contribution in [0.5, 0.6) is 0 Å². The normalized spacial score (nSPS) is 14.0. The van der Waals surface area contributed by atoms with Gasteiger partial charge in [-0.2, -0.15) is 0 Å². The molecule has 0 aromatic heterocycles. The summed E-state index contributed by atoms with van der Waals surface area (Å²) in [6.07, 6.45) is 67.9. The predicted octanol–water partition coefficient (Wildman–Crippen LogP) is 19.0. The molecule has 1 N–H and O–H groups in total. The van der Waals surface area contributed by atoms with E-state index in [1.54, 1.807) is 0 Å². The Morgan fingerprint density at radius 3 is 1.24 bits per heavy atom. The summed E-state index contributed by atoms with van der Waals surface area (Å²) < 4.78 is 30.3. The molecular weight excluding hydrogens is 952 g/mol. The summed E-state index contributed by atoms with van der Waals surface area (Å²) in [7, 11) is 1.19. The number of rotatable bonds is 58. The topological polar surface area (TPSA) is 114 Å². The Kier molecular flexibility index (Phi) is 53.8. The molecule has 440 valence electrons. The molecule has 0 spiro atoms. The van der Waals surface area contributed by atoms with E-state index in [0.717, 1.165) is 83.5 Å². The lowest BCUT2D eigenvalue weighted by Crippen LogP contribution is -2.47. The molecule has 0 aliphatic rings. The molecule has 0 saturated heterocycles. The van der Waals surface area contributed by atoms with Gasteiger partial charge in [0.05, 0.1) is 33.8 Å². The fraction of sp³-hybridized carbons (Fsp3) is 0.846. The van der Waals surface area contributed by atoms with Gasteiger partial charge in [0.25, 0.3) is 7.82 Å². The molecule has 0 rings (SSSR count). The van der Waals surface area contributed by atoms with Crippen LogP contribution in [0.3, 0.4) is 0 Å². The Morgan fingerprint density at radius 2 is 0.813 bits per heavy atom. The van der Waals surface area contributed by atoms with Crippen molar-refractivity contribution in [1.82, 2.24) is 5.32 Å². The Morgan fingerprint density at radius 1 is 0.467 bits per heavy atom. The second-order valence-electron chi connectivity index (χ2n) is 22.9. The number of allylic oxidation sites excluding steroid dienone is 7. The molecule has 0 radical (unpaired) electrons. The van der Waals surface area contributed by atoms with Crippen LogP contribution in [0.4, 0.5) is 0 Å². The molecule has 0 aliphatic heterocycles. The minimum Gasteiger partial charge on any atom is -0.756 e. The van der Waals surface area contributed by atoms with Crippen molar-refractivity contribution in [2.24, 2.45) is 0 Å². The van der Waals surface area contributed by atoms with Crippen LogP contribution < -0.4 is 10.2 Å². The van der Waals surface area contributed by atoms with Crippen LogP contribution in [-0.2, 0) is 27.9 Å². The van der Waals surface area contributed by atoms with Crippen molar-refractivity contribution in [3.63, 3.8) is 0 Å². The van der Waals surface area contributed by atoms with E-state index in [9.17, 15) is 19.0 Å². The number of hydrogen-bond acceptors (Lipinski definition) is 7. The average molecular weight is 1080 g/mol. The quantitative estimate of drug-likeness (QED) is 0.0212. The summed E-state index contributed by atoms with van der Waals surface area (Å²) in [4.78, 5) is 40.0. The number of esters is 1. The molecule has 0 aliphatic carbocycles.